The largest absolute Gasteiger partial charge is 0.466 e. The maximum atomic E-state index is 8.88. The molecule has 0 amide bonds. The van der Waals surface area contributed by atoms with Crippen molar-refractivity contribution < 1.29 is 33.8 Å². The van der Waals surface area contributed by atoms with E-state index in [1.807, 2.05) is 0 Å². The summed E-state index contributed by atoms with van der Waals surface area (Å²) in [5.74, 6) is 0. The fourth-order valence-electron chi connectivity index (χ4n) is 0.735. The molecule has 0 unspecified atom stereocenters. The molecule has 17 heavy (non-hydrogen) atoms. The van der Waals surface area contributed by atoms with E-state index in [1.165, 1.54) is 6.42 Å². The predicted octanol–water partition coefficient (Wildman–Crippen LogP) is 0.273. The van der Waals surface area contributed by atoms with Gasteiger partial charge in [-0.25, -0.2) is 4.57 Å². The molecule has 0 heterocycles. The maximum Gasteiger partial charge on any atom is 0.466 e. The van der Waals surface area contributed by atoms with Gasteiger partial charge in [-0.3, -0.25) is 0 Å². The highest BCUT2D eigenvalue weighted by Crippen LogP contribution is 2.25. The van der Waals surface area contributed by atoms with Gasteiger partial charge < -0.3 is 29.3 Å². The molecule has 106 valence electrons. The summed E-state index contributed by atoms with van der Waals surface area (Å²) in [5, 5.41) is 8.43. The Morgan fingerprint density at radius 2 is 1.35 bits per heavy atom. The van der Waals surface area contributed by atoms with Crippen LogP contribution in [0.4, 0.5) is 0 Å². The van der Waals surface area contributed by atoms with E-state index in [2.05, 4.69) is 6.92 Å². The van der Waals surface area contributed by atoms with Gasteiger partial charge in [0.15, 0.2) is 0 Å². The summed E-state index contributed by atoms with van der Waals surface area (Å²) >= 11 is 0. The third kappa shape index (κ3) is 38.7. The SMILES string of the molecule is CCCCOCCOCCCO.O=P(O)(O)O. The van der Waals surface area contributed by atoms with Crippen molar-refractivity contribution in [3.05, 3.63) is 0 Å². The van der Waals surface area contributed by atoms with Gasteiger partial charge in [-0.2, -0.15) is 0 Å². The minimum Gasteiger partial charge on any atom is -0.396 e. The van der Waals surface area contributed by atoms with Gasteiger partial charge in [-0.05, 0) is 12.8 Å². The van der Waals surface area contributed by atoms with Crippen molar-refractivity contribution in [1.82, 2.24) is 0 Å². The number of aliphatic hydroxyl groups excluding tert-OH is 1. The Balaban J connectivity index is 0. The highest BCUT2D eigenvalue weighted by Gasteiger charge is 2.00. The first-order valence-corrected chi connectivity index (χ1v) is 7.03. The highest BCUT2D eigenvalue weighted by atomic mass is 31.2. The van der Waals surface area contributed by atoms with E-state index in [0.29, 0.717) is 19.8 Å². The van der Waals surface area contributed by atoms with E-state index < -0.39 is 7.82 Å². The minimum atomic E-state index is -4.64. The molecule has 0 saturated heterocycles. The monoisotopic (exact) mass is 274 g/mol. The molecule has 0 bridgehead atoms. The zero-order valence-corrected chi connectivity index (χ0v) is 11.0. The minimum absolute atomic E-state index is 0.205. The van der Waals surface area contributed by atoms with Gasteiger partial charge in [0.25, 0.3) is 0 Å². The summed E-state index contributed by atoms with van der Waals surface area (Å²) in [4.78, 5) is 21.6. The summed E-state index contributed by atoms with van der Waals surface area (Å²) < 4.78 is 19.3. The average molecular weight is 274 g/mol. The third-order valence-corrected chi connectivity index (χ3v) is 1.46. The Labute approximate surface area is 102 Å². The van der Waals surface area contributed by atoms with Gasteiger partial charge in [-0.15, -0.1) is 0 Å². The molecule has 0 fully saturated rings. The van der Waals surface area contributed by atoms with Crippen molar-refractivity contribution in [2.24, 2.45) is 0 Å². The van der Waals surface area contributed by atoms with Crippen molar-refractivity contribution >= 4 is 7.82 Å². The Bertz CT molecular complexity index is 164. The lowest BCUT2D eigenvalue weighted by Gasteiger charge is -2.03. The van der Waals surface area contributed by atoms with Crippen LogP contribution in [0, 0.1) is 0 Å². The molecule has 7 nitrogen and oxygen atoms in total. The number of rotatable bonds is 9. The van der Waals surface area contributed by atoms with E-state index in [1.54, 1.807) is 0 Å². The molecule has 4 N–H and O–H groups in total. The third-order valence-electron chi connectivity index (χ3n) is 1.46. The van der Waals surface area contributed by atoms with Crippen LogP contribution in [-0.4, -0.2) is 52.8 Å². The lowest BCUT2D eigenvalue weighted by molar-refractivity contribution is 0.0417. The smallest absolute Gasteiger partial charge is 0.396 e. The van der Waals surface area contributed by atoms with Crippen molar-refractivity contribution in [2.75, 3.05) is 33.0 Å². The molecule has 0 aromatic carbocycles. The summed E-state index contributed by atoms with van der Waals surface area (Å²) in [5.41, 5.74) is 0. The van der Waals surface area contributed by atoms with Gasteiger partial charge in [0.1, 0.15) is 0 Å². The Morgan fingerprint density at radius 3 is 1.71 bits per heavy atom. The topological polar surface area (TPSA) is 116 Å². The van der Waals surface area contributed by atoms with Crippen LogP contribution in [0.5, 0.6) is 0 Å². The van der Waals surface area contributed by atoms with Crippen LogP contribution in [0.2, 0.25) is 0 Å². The molecule has 0 saturated carbocycles. The molecule has 0 atom stereocenters. The standard InChI is InChI=1S/C9H20O3.H3O4P/c1-2-3-6-11-8-9-12-7-4-5-10;1-5(2,3)4/h10H,2-9H2,1H3;(H3,1,2,3,4). The maximum absolute atomic E-state index is 8.88. The Hall–Kier alpha value is -0.0100. The van der Waals surface area contributed by atoms with Gasteiger partial charge in [-0.1, -0.05) is 13.3 Å². The Morgan fingerprint density at radius 1 is 0.941 bits per heavy atom. The molecule has 0 spiro atoms. The second-order valence-electron chi connectivity index (χ2n) is 3.17. The lowest BCUT2D eigenvalue weighted by atomic mass is 10.4. The predicted molar refractivity (Wildman–Crippen MR) is 62.5 cm³/mol. The van der Waals surface area contributed by atoms with Crippen LogP contribution in [-0.2, 0) is 14.0 Å². The quantitative estimate of drug-likeness (QED) is 0.352. The lowest BCUT2D eigenvalue weighted by Crippen LogP contribution is -2.06. The van der Waals surface area contributed by atoms with Crippen molar-refractivity contribution in [2.45, 2.75) is 26.2 Å². The first kappa shape index (κ1) is 19.3. The van der Waals surface area contributed by atoms with E-state index in [-0.39, 0.29) is 6.61 Å². The fraction of sp³-hybridized carbons (Fsp3) is 1.00. The second kappa shape index (κ2) is 14.1. The number of hydrogen-bond acceptors (Lipinski definition) is 4. The highest BCUT2D eigenvalue weighted by molar-refractivity contribution is 7.45. The molecule has 0 rings (SSSR count). The van der Waals surface area contributed by atoms with Crippen molar-refractivity contribution in [3.8, 4) is 0 Å². The molecule has 0 radical (unpaired) electrons. The fourth-order valence-corrected chi connectivity index (χ4v) is 0.735. The normalized spacial score (nSPS) is 10.9. The summed E-state index contributed by atoms with van der Waals surface area (Å²) in [6, 6.07) is 0. The number of hydrogen-bond donors (Lipinski definition) is 4. The average Bonchev–Trinajstić information content (AvgIpc) is 2.20. The number of aliphatic hydroxyl groups is 1. The van der Waals surface area contributed by atoms with Crippen LogP contribution in [0.25, 0.3) is 0 Å². The molecule has 0 aliphatic heterocycles. The molecular weight excluding hydrogens is 251 g/mol. The Kier molecular flexibility index (Phi) is 16.0. The van der Waals surface area contributed by atoms with Crippen LogP contribution >= 0.6 is 7.82 Å². The molecule has 0 aliphatic rings. The van der Waals surface area contributed by atoms with E-state index >= 15 is 0 Å². The van der Waals surface area contributed by atoms with Crippen LogP contribution in [0.3, 0.4) is 0 Å². The zero-order valence-electron chi connectivity index (χ0n) is 10.1. The molecule has 8 heteroatoms. The van der Waals surface area contributed by atoms with E-state index in [0.717, 1.165) is 19.4 Å². The second-order valence-corrected chi connectivity index (χ2v) is 4.20. The molecule has 0 aromatic heterocycles. The van der Waals surface area contributed by atoms with Crippen molar-refractivity contribution in [3.63, 3.8) is 0 Å². The van der Waals surface area contributed by atoms with E-state index in [4.69, 9.17) is 33.8 Å². The van der Waals surface area contributed by atoms with E-state index in [9.17, 15) is 0 Å². The number of ether oxygens (including phenoxy) is 2. The molecule has 0 aromatic rings. The first-order valence-electron chi connectivity index (χ1n) is 5.46. The van der Waals surface area contributed by atoms with Gasteiger partial charge in [0.2, 0.25) is 0 Å². The van der Waals surface area contributed by atoms with Gasteiger partial charge in [0.05, 0.1) is 13.2 Å². The zero-order chi connectivity index (χ0) is 13.6. The summed E-state index contributed by atoms with van der Waals surface area (Å²) in [6.07, 6.45) is 3.01. The van der Waals surface area contributed by atoms with Crippen LogP contribution < -0.4 is 0 Å². The first-order chi connectivity index (χ1) is 7.91. The molecular formula is C9H23O7P. The number of unbranched alkanes of at least 4 members (excludes halogenated alkanes) is 1. The van der Waals surface area contributed by atoms with Crippen LogP contribution in [0.15, 0.2) is 0 Å². The summed E-state index contributed by atoms with van der Waals surface area (Å²) in [6.45, 7) is 5.13. The molecule has 0 aliphatic carbocycles. The number of phosphoric acid groups is 1. The van der Waals surface area contributed by atoms with Gasteiger partial charge in [0, 0.05) is 19.8 Å². The van der Waals surface area contributed by atoms with Crippen molar-refractivity contribution in [1.29, 1.82) is 0 Å². The van der Waals surface area contributed by atoms with Crippen LogP contribution in [0.1, 0.15) is 26.2 Å². The summed E-state index contributed by atoms with van der Waals surface area (Å²) in [7, 11) is -4.64. The van der Waals surface area contributed by atoms with Gasteiger partial charge >= 0.3 is 7.82 Å².